The van der Waals surface area contributed by atoms with E-state index in [0.29, 0.717) is 0 Å². The van der Waals surface area contributed by atoms with E-state index in [-0.39, 0.29) is 5.56 Å². The third kappa shape index (κ3) is 5.06. The maximum atomic E-state index is 11.2. The number of nitrogens with zero attached hydrogens (tertiary/aromatic N) is 1. The zero-order valence-corrected chi connectivity index (χ0v) is 10.3. The van der Waals surface area contributed by atoms with Crippen LogP contribution in [0.25, 0.3) is 0 Å². The fourth-order valence-electron chi connectivity index (χ4n) is 1.18. The van der Waals surface area contributed by atoms with Crippen molar-refractivity contribution < 1.29 is 28.7 Å². The Balaban J connectivity index is 2.91. The molecule has 0 saturated heterocycles. The molecule has 10 heteroatoms. The van der Waals surface area contributed by atoms with Crippen LogP contribution in [0.5, 0.6) is 0 Å². The Morgan fingerprint density at radius 3 is 2.12 bits per heavy atom. The molecule has 1 atom stereocenters. The summed E-state index contributed by atoms with van der Waals surface area (Å²) in [6, 6.07) is 2.72. The molecule has 1 unspecified atom stereocenters. The predicted molar refractivity (Wildman–Crippen MR) is 59.1 cm³/mol. The molecule has 0 spiro atoms. The third-order valence-corrected chi connectivity index (χ3v) is 3.60. The molecule has 0 aliphatic carbocycles. The largest absolute Gasteiger partial charge is 0.346 e. The molecule has 0 aromatic carbocycles. The predicted octanol–water partition coefficient (Wildman–Crippen LogP) is -0.0173. The van der Waals surface area contributed by atoms with Gasteiger partial charge in [0.25, 0.3) is 0 Å². The molecule has 17 heavy (non-hydrogen) atoms. The summed E-state index contributed by atoms with van der Waals surface area (Å²) >= 11 is 0. The number of rotatable bonds is 5. The van der Waals surface area contributed by atoms with Gasteiger partial charge in [0, 0.05) is 12.4 Å². The van der Waals surface area contributed by atoms with Crippen molar-refractivity contribution in [1.82, 2.24) is 10.3 Å². The van der Waals surface area contributed by atoms with E-state index in [1.807, 2.05) is 0 Å². The van der Waals surface area contributed by atoms with Gasteiger partial charge in [0.2, 0.25) is 0 Å². The summed E-state index contributed by atoms with van der Waals surface area (Å²) in [6.45, 7) is 0. The Bertz CT molecular complexity index is 455. The van der Waals surface area contributed by atoms with E-state index in [0.717, 1.165) is 0 Å². The van der Waals surface area contributed by atoms with Gasteiger partial charge in [0.05, 0.1) is 6.29 Å². The standard InChI is InChI=1S/C7H12N2O6P2/c10-16(11,12)5-9-7(17(13,14)15)6-1-3-8-4-2-6/h1-4,7,9H,5H2,(H2,10,11,12)(H2,13,14,15). The molecule has 0 amide bonds. The minimum atomic E-state index is -4.57. The summed E-state index contributed by atoms with van der Waals surface area (Å²) in [5.41, 5.74) is 0.210. The first-order valence-electron chi connectivity index (χ1n) is 4.43. The van der Waals surface area contributed by atoms with E-state index in [2.05, 4.69) is 10.3 Å². The van der Waals surface area contributed by atoms with Crippen LogP contribution < -0.4 is 5.32 Å². The Kier molecular flexibility index (Phi) is 4.57. The van der Waals surface area contributed by atoms with Crippen molar-refractivity contribution in [2.75, 3.05) is 6.29 Å². The quantitative estimate of drug-likeness (QED) is 0.475. The number of nitrogens with one attached hydrogen (secondary N) is 1. The first kappa shape index (κ1) is 14.5. The van der Waals surface area contributed by atoms with E-state index >= 15 is 0 Å². The van der Waals surface area contributed by atoms with Gasteiger partial charge in [-0.15, -0.1) is 0 Å². The Labute approximate surface area is 97.0 Å². The Morgan fingerprint density at radius 2 is 1.71 bits per heavy atom. The highest BCUT2D eigenvalue weighted by Gasteiger charge is 2.31. The lowest BCUT2D eigenvalue weighted by Gasteiger charge is -2.20. The van der Waals surface area contributed by atoms with E-state index in [9.17, 15) is 9.13 Å². The van der Waals surface area contributed by atoms with E-state index in [4.69, 9.17) is 19.6 Å². The van der Waals surface area contributed by atoms with Crippen LogP contribution in [0.1, 0.15) is 11.3 Å². The molecule has 0 radical (unpaired) electrons. The highest BCUT2D eigenvalue weighted by molar-refractivity contribution is 7.53. The van der Waals surface area contributed by atoms with E-state index in [1.165, 1.54) is 24.5 Å². The van der Waals surface area contributed by atoms with Crippen LogP contribution >= 0.6 is 15.2 Å². The van der Waals surface area contributed by atoms with Crippen LogP contribution in [0.2, 0.25) is 0 Å². The van der Waals surface area contributed by atoms with Crippen LogP contribution in [0.4, 0.5) is 0 Å². The minimum absolute atomic E-state index is 0.210. The van der Waals surface area contributed by atoms with Gasteiger partial charge in [0.1, 0.15) is 5.78 Å². The molecule has 0 aliphatic rings. The average molecular weight is 282 g/mol. The average Bonchev–Trinajstić information content (AvgIpc) is 2.15. The third-order valence-electron chi connectivity index (χ3n) is 1.85. The molecule has 0 bridgehead atoms. The zero-order valence-electron chi connectivity index (χ0n) is 8.54. The maximum Gasteiger partial charge on any atom is 0.346 e. The zero-order chi connectivity index (χ0) is 13.1. The van der Waals surface area contributed by atoms with Crippen molar-refractivity contribution in [2.24, 2.45) is 0 Å². The van der Waals surface area contributed by atoms with E-state index in [1.54, 1.807) is 0 Å². The van der Waals surface area contributed by atoms with Crippen molar-refractivity contribution in [1.29, 1.82) is 0 Å². The Hall–Kier alpha value is -0.590. The molecule has 1 heterocycles. The molecule has 1 rings (SSSR count). The second-order valence-corrected chi connectivity index (χ2v) is 6.64. The normalized spacial score (nSPS) is 14.6. The maximum absolute atomic E-state index is 11.2. The molecule has 5 N–H and O–H groups in total. The molecule has 0 aliphatic heterocycles. The highest BCUT2D eigenvalue weighted by Crippen LogP contribution is 2.50. The molecule has 1 aromatic rings. The fraction of sp³-hybridized carbons (Fsp3) is 0.286. The second-order valence-electron chi connectivity index (χ2n) is 3.30. The molecular weight excluding hydrogens is 270 g/mol. The number of aromatic nitrogens is 1. The molecule has 1 aromatic heterocycles. The van der Waals surface area contributed by atoms with Gasteiger partial charge in [-0.05, 0) is 17.7 Å². The summed E-state index contributed by atoms with van der Waals surface area (Å²) in [4.78, 5) is 39.2. The van der Waals surface area contributed by atoms with Gasteiger partial charge in [-0.25, -0.2) is 0 Å². The van der Waals surface area contributed by atoms with Crippen LogP contribution in [0.3, 0.4) is 0 Å². The van der Waals surface area contributed by atoms with Crippen molar-refractivity contribution in [3.8, 4) is 0 Å². The monoisotopic (exact) mass is 282 g/mol. The molecule has 0 saturated carbocycles. The topological polar surface area (TPSA) is 140 Å². The SMILES string of the molecule is O=P(O)(O)CNC(c1ccncc1)P(=O)(O)O. The van der Waals surface area contributed by atoms with Crippen molar-refractivity contribution >= 4 is 15.2 Å². The number of hydrogen-bond acceptors (Lipinski definition) is 4. The van der Waals surface area contributed by atoms with Crippen molar-refractivity contribution in [2.45, 2.75) is 5.78 Å². The van der Waals surface area contributed by atoms with Gasteiger partial charge in [-0.2, -0.15) is 0 Å². The lowest BCUT2D eigenvalue weighted by molar-refractivity contribution is 0.343. The van der Waals surface area contributed by atoms with Gasteiger partial charge in [-0.3, -0.25) is 19.4 Å². The molecule has 8 nitrogen and oxygen atoms in total. The fourth-order valence-corrected chi connectivity index (χ4v) is 2.64. The Morgan fingerprint density at radius 1 is 1.18 bits per heavy atom. The van der Waals surface area contributed by atoms with Gasteiger partial charge >= 0.3 is 15.2 Å². The van der Waals surface area contributed by atoms with Gasteiger partial charge in [-0.1, -0.05) is 0 Å². The van der Waals surface area contributed by atoms with Crippen molar-refractivity contribution in [3.05, 3.63) is 30.1 Å². The minimum Gasteiger partial charge on any atom is -0.324 e. The number of pyridine rings is 1. The molecule has 0 fully saturated rings. The lowest BCUT2D eigenvalue weighted by Crippen LogP contribution is -2.22. The molecule has 96 valence electrons. The molecular formula is C7H12N2O6P2. The summed E-state index contributed by atoms with van der Waals surface area (Å²) in [5.74, 6) is -1.46. The second kappa shape index (κ2) is 5.37. The van der Waals surface area contributed by atoms with Crippen LogP contribution in [0, 0.1) is 0 Å². The number of hydrogen-bond donors (Lipinski definition) is 5. The van der Waals surface area contributed by atoms with Crippen LogP contribution in [-0.4, -0.2) is 30.8 Å². The summed E-state index contributed by atoms with van der Waals surface area (Å²) in [5, 5.41) is 2.16. The van der Waals surface area contributed by atoms with Crippen LogP contribution in [0.15, 0.2) is 24.5 Å². The smallest absolute Gasteiger partial charge is 0.324 e. The van der Waals surface area contributed by atoms with Gasteiger partial charge < -0.3 is 19.6 Å². The van der Waals surface area contributed by atoms with E-state index < -0.39 is 27.3 Å². The summed E-state index contributed by atoms with van der Waals surface area (Å²) < 4.78 is 21.9. The van der Waals surface area contributed by atoms with Crippen molar-refractivity contribution in [3.63, 3.8) is 0 Å². The van der Waals surface area contributed by atoms with Crippen LogP contribution in [-0.2, 0) is 9.13 Å². The van der Waals surface area contributed by atoms with Gasteiger partial charge in [0.15, 0.2) is 0 Å². The first-order valence-corrected chi connectivity index (χ1v) is 7.91. The first-order chi connectivity index (χ1) is 7.70. The highest BCUT2D eigenvalue weighted by atomic mass is 31.2. The summed E-state index contributed by atoms with van der Waals surface area (Å²) in [6.07, 6.45) is 1.85. The summed E-state index contributed by atoms with van der Waals surface area (Å²) in [7, 11) is -8.95. The lowest BCUT2D eigenvalue weighted by atomic mass is 10.3.